The van der Waals surface area contributed by atoms with Gasteiger partial charge in [0.2, 0.25) is 5.90 Å². The van der Waals surface area contributed by atoms with Gasteiger partial charge < -0.3 is 9.47 Å². The number of hydrogen-bond acceptors (Lipinski definition) is 7. The normalized spacial score (nSPS) is 14.0. The number of rotatable bonds is 5. The zero-order valence-electron chi connectivity index (χ0n) is 17.5. The third-order valence-electron chi connectivity index (χ3n) is 4.75. The Kier molecular flexibility index (Phi) is 6.71. The van der Waals surface area contributed by atoms with Crippen LogP contribution in [0.5, 0.6) is 5.75 Å². The number of carbonyl (C=O) groups is 2. The van der Waals surface area contributed by atoms with Crippen LogP contribution in [-0.2, 0) is 9.53 Å². The molecule has 3 aromatic rings. The highest BCUT2D eigenvalue weighted by Crippen LogP contribution is 2.36. The van der Waals surface area contributed by atoms with E-state index >= 15 is 0 Å². The zero-order valence-corrected chi connectivity index (χ0v) is 20.6. The SMILES string of the molecule is Cc1ccc(C(=O)Oc2c(Br)cc(/C=C3\N=C(c4ccc([N+](=O)[O-])cc4)OC3=O)cc2Br)cc1. The zero-order chi connectivity index (χ0) is 24.4. The number of ether oxygens (including phenoxy) is 2. The maximum absolute atomic E-state index is 12.5. The van der Waals surface area contributed by atoms with Gasteiger partial charge in [-0.25, -0.2) is 14.6 Å². The predicted octanol–water partition coefficient (Wildman–Crippen LogP) is 5.99. The highest BCUT2D eigenvalue weighted by molar-refractivity contribution is 9.11. The Balaban J connectivity index is 1.57. The van der Waals surface area contributed by atoms with Crippen LogP contribution in [0.2, 0.25) is 0 Å². The Hall–Kier alpha value is -3.63. The van der Waals surface area contributed by atoms with E-state index in [1.165, 1.54) is 30.3 Å². The van der Waals surface area contributed by atoms with Crippen molar-refractivity contribution in [3.05, 3.63) is 108 Å². The van der Waals surface area contributed by atoms with E-state index in [-0.39, 0.29) is 23.0 Å². The van der Waals surface area contributed by atoms with Gasteiger partial charge in [-0.2, -0.15) is 0 Å². The minimum atomic E-state index is -0.657. The number of esters is 2. The fourth-order valence-electron chi connectivity index (χ4n) is 3.02. The number of aliphatic imine (C=N–C) groups is 1. The van der Waals surface area contributed by atoms with E-state index in [0.29, 0.717) is 25.6 Å². The summed E-state index contributed by atoms with van der Waals surface area (Å²) in [5, 5.41) is 10.8. The summed E-state index contributed by atoms with van der Waals surface area (Å²) in [6, 6.07) is 15.9. The maximum atomic E-state index is 12.5. The lowest BCUT2D eigenvalue weighted by atomic mass is 10.1. The molecule has 0 saturated carbocycles. The number of non-ortho nitro benzene ring substituents is 1. The van der Waals surface area contributed by atoms with E-state index in [0.717, 1.165) is 5.56 Å². The number of aryl methyl sites for hydroxylation is 1. The summed E-state index contributed by atoms with van der Waals surface area (Å²) in [7, 11) is 0. The second-order valence-electron chi connectivity index (χ2n) is 7.21. The van der Waals surface area contributed by atoms with Crippen molar-refractivity contribution in [3.63, 3.8) is 0 Å². The molecule has 3 aromatic carbocycles. The molecule has 1 heterocycles. The monoisotopic (exact) mass is 584 g/mol. The summed E-state index contributed by atoms with van der Waals surface area (Å²) in [6.45, 7) is 1.93. The number of nitro groups is 1. The molecule has 10 heteroatoms. The smallest absolute Gasteiger partial charge is 0.363 e. The molecule has 8 nitrogen and oxygen atoms in total. The van der Waals surface area contributed by atoms with Crippen LogP contribution in [0.3, 0.4) is 0 Å². The van der Waals surface area contributed by atoms with E-state index in [1.54, 1.807) is 24.3 Å². The molecule has 0 fully saturated rings. The van der Waals surface area contributed by atoms with Gasteiger partial charge in [-0.15, -0.1) is 0 Å². The van der Waals surface area contributed by atoms with Crippen LogP contribution in [-0.4, -0.2) is 22.8 Å². The van der Waals surface area contributed by atoms with E-state index in [2.05, 4.69) is 36.9 Å². The molecule has 0 spiro atoms. The van der Waals surface area contributed by atoms with Crippen LogP contribution in [0, 0.1) is 17.0 Å². The van der Waals surface area contributed by atoms with E-state index in [9.17, 15) is 19.7 Å². The van der Waals surface area contributed by atoms with Crippen molar-refractivity contribution in [2.24, 2.45) is 4.99 Å². The lowest BCUT2D eigenvalue weighted by Gasteiger charge is -2.10. The molecule has 1 aliphatic heterocycles. The molecule has 0 radical (unpaired) electrons. The average Bonchev–Trinajstić information content (AvgIpc) is 3.16. The summed E-state index contributed by atoms with van der Waals surface area (Å²) in [6.07, 6.45) is 1.52. The highest BCUT2D eigenvalue weighted by atomic mass is 79.9. The van der Waals surface area contributed by atoms with Crippen LogP contribution in [0.25, 0.3) is 6.08 Å². The summed E-state index contributed by atoms with van der Waals surface area (Å²) < 4.78 is 11.7. The lowest BCUT2D eigenvalue weighted by molar-refractivity contribution is -0.384. The molecular weight excluding hydrogens is 572 g/mol. The Morgan fingerprint density at radius 3 is 2.26 bits per heavy atom. The second-order valence-corrected chi connectivity index (χ2v) is 8.92. The second kappa shape index (κ2) is 9.70. The Bertz CT molecular complexity index is 1360. The number of halogens is 2. The molecule has 4 rings (SSSR count). The van der Waals surface area contributed by atoms with Gasteiger partial charge in [0.1, 0.15) is 0 Å². The van der Waals surface area contributed by atoms with Crippen molar-refractivity contribution in [1.82, 2.24) is 0 Å². The summed E-state index contributed by atoms with van der Waals surface area (Å²) in [5.74, 6) is -0.829. The van der Waals surface area contributed by atoms with Crippen LogP contribution < -0.4 is 4.74 Å². The topological polar surface area (TPSA) is 108 Å². The van der Waals surface area contributed by atoms with Gasteiger partial charge in [-0.3, -0.25) is 10.1 Å². The molecular formula is C24H14Br2N2O6. The van der Waals surface area contributed by atoms with Crippen LogP contribution in [0.4, 0.5) is 5.69 Å². The quantitative estimate of drug-likeness (QED) is 0.120. The molecule has 0 unspecified atom stereocenters. The molecule has 0 aromatic heterocycles. The number of nitrogens with zero attached hydrogens (tertiary/aromatic N) is 2. The molecule has 0 aliphatic carbocycles. The minimum Gasteiger partial charge on any atom is -0.421 e. The molecule has 34 heavy (non-hydrogen) atoms. The number of carbonyl (C=O) groups excluding carboxylic acids is 2. The molecule has 0 N–H and O–H groups in total. The molecule has 0 saturated heterocycles. The van der Waals surface area contributed by atoms with Gasteiger partial charge in [0.05, 0.1) is 19.4 Å². The maximum Gasteiger partial charge on any atom is 0.363 e. The van der Waals surface area contributed by atoms with E-state index < -0.39 is 16.9 Å². The summed E-state index contributed by atoms with van der Waals surface area (Å²) in [5.41, 5.74) is 2.44. The molecule has 0 amide bonds. The largest absolute Gasteiger partial charge is 0.421 e. The number of cyclic esters (lactones) is 1. The highest BCUT2D eigenvalue weighted by Gasteiger charge is 2.25. The van der Waals surface area contributed by atoms with Crippen LogP contribution in [0.15, 0.2) is 80.3 Å². The third kappa shape index (κ3) is 5.13. The average molecular weight is 586 g/mol. The first-order chi connectivity index (χ1) is 16.2. The first kappa shape index (κ1) is 23.5. The van der Waals surface area contributed by atoms with Gasteiger partial charge in [-0.1, -0.05) is 17.7 Å². The molecule has 170 valence electrons. The van der Waals surface area contributed by atoms with Gasteiger partial charge in [0, 0.05) is 17.7 Å². The molecule has 1 aliphatic rings. The van der Waals surface area contributed by atoms with Crippen LogP contribution >= 0.6 is 31.9 Å². The molecule has 0 atom stereocenters. The Morgan fingerprint density at radius 2 is 1.68 bits per heavy atom. The first-order valence-corrected chi connectivity index (χ1v) is 11.3. The third-order valence-corrected chi connectivity index (χ3v) is 5.93. The predicted molar refractivity (Wildman–Crippen MR) is 132 cm³/mol. The molecule has 0 bridgehead atoms. The first-order valence-electron chi connectivity index (χ1n) is 9.76. The van der Waals surface area contributed by atoms with Crippen molar-refractivity contribution in [1.29, 1.82) is 0 Å². The van der Waals surface area contributed by atoms with Crippen molar-refractivity contribution in [3.8, 4) is 5.75 Å². The summed E-state index contributed by atoms with van der Waals surface area (Å²) in [4.78, 5) is 39.3. The fourth-order valence-corrected chi connectivity index (χ4v) is 4.40. The van der Waals surface area contributed by atoms with Gasteiger partial charge in [0.15, 0.2) is 11.4 Å². The van der Waals surface area contributed by atoms with Crippen molar-refractivity contribution < 1.29 is 24.0 Å². The van der Waals surface area contributed by atoms with Crippen LogP contribution in [0.1, 0.15) is 27.0 Å². The van der Waals surface area contributed by atoms with Crippen molar-refractivity contribution in [2.45, 2.75) is 6.92 Å². The lowest BCUT2D eigenvalue weighted by Crippen LogP contribution is -2.09. The van der Waals surface area contributed by atoms with Gasteiger partial charge in [0.25, 0.3) is 5.69 Å². The number of benzene rings is 3. The standard InChI is InChI=1S/C24H14Br2N2O6/c1-13-2-4-16(5-3-13)23(29)33-21-18(25)10-14(11-19(21)26)12-20-24(30)34-22(27-20)15-6-8-17(9-7-15)28(31)32/h2-12H,1H3/b20-12-. The Morgan fingerprint density at radius 1 is 1.06 bits per heavy atom. The van der Waals surface area contributed by atoms with Crippen molar-refractivity contribution >= 4 is 61.5 Å². The van der Waals surface area contributed by atoms with E-state index in [1.807, 2.05) is 19.1 Å². The number of nitro benzene ring substituents is 1. The Labute approximate surface area is 210 Å². The summed E-state index contributed by atoms with van der Waals surface area (Å²) >= 11 is 6.80. The van der Waals surface area contributed by atoms with Gasteiger partial charge in [-0.05, 0) is 86.8 Å². The fraction of sp³-hybridized carbons (Fsp3) is 0.0417. The minimum absolute atomic E-state index is 0.0490. The van der Waals surface area contributed by atoms with E-state index in [4.69, 9.17) is 9.47 Å². The number of hydrogen-bond donors (Lipinski definition) is 0. The van der Waals surface area contributed by atoms with Gasteiger partial charge >= 0.3 is 11.9 Å². The van der Waals surface area contributed by atoms with Crippen molar-refractivity contribution in [2.75, 3.05) is 0 Å².